The maximum Gasteiger partial charge on any atom is 0.266 e. The van der Waals surface area contributed by atoms with Crippen molar-refractivity contribution in [3.05, 3.63) is 76.9 Å². The zero-order chi connectivity index (χ0) is 19.4. The van der Waals surface area contributed by atoms with Gasteiger partial charge in [-0.2, -0.15) is 5.26 Å². The summed E-state index contributed by atoms with van der Waals surface area (Å²) >= 11 is 0. The predicted octanol–water partition coefficient (Wildman–Crippen LogP) is 5.01. The van der Waals surface area contributed by atoms with Crippen molar-refractivity contribution < 1.29 is 9.53 Å². The first-order chi connectivity index (χ1) is 13.0. The molecule has 0 radical (unpaired) electrons. The van der Waals surface area contributed by atoms with E-state index in [2.05, 4.69) is 5.32 Å². The lowest BCUT2D eigenvalue weighted by molar-refractivity contribution is -0.112. The molecule has 0 atom stereocenters. The SMILES string of the molecule is COc1ccc(/C=C(/C#N)C(=O)Nc2c(C)cccc2C)c2ccccc12. The molecule has 0 aliphatic carbocycles. The number of nitriles is 1. The molecule has 0 aromatic heterocycles. The molecule has 1 amide bonds. The van der Waals surface area contributed by atoms with Crippen LogP contribution in [0.25, 0.3) is 16.8 Å². The van der Waals surface area contributed by atoms with E-state index in [9.17, 15) is 10.1 Å². The summed E-state index contributed by atoms with van der Waals surface area (Å²) in [6, 6.07) is 19.2. The number of anilines is 1. The van der Waals surface area contributed by atoms with Crippen molar-refractivity contribution in [2.24, 2.45) is 0 Å². The minimum Gasteiger partial charge on any atom is -0.496 e. The third kappa shape index (κ3) is 3.68. The van der Waals surface area contributed by atoms with Gasteiger partial charge in [-0.3, -0.25) is 4.79 Å². The molecule has 4 nitrogen and oxygen atoms in total. The number of rotatable bonds is 4. The van der Waals surface area contributed by atoms with Crippen LogP contribution in [-0.2, 0) is 4.79 Å². The normalized spacial score (nSPS) is 11.1. The zero-order valence-corrected chi connectivity index (χ0v) is 15.5. The van der Waals surface area contributed by atoms with Gasteiger partial charge in [0.15, 0.2) is 0 Å². The second kappa shape index (κ2) is 7.76. The van der Waals surface area contributed by atoms with Gasteiger partial charge in [0.25, 0.3) is 5.91 Å². The Bertz CT molecular complexity index is 1070. The average Bonchev–Trinajstić information content (AvgIpc) is 2.68. The summed E-state index contributed by atoms with van der Waals surface area (Å²) in [5, 5.41) is 14.3. The van der Waals surface area contributed by atoms with Crippen LogP contribution in [0.2, 0.25) is 0 Å². The van der Waals surface area contributed by atoms with E-state index in [1.54, 1.807) is 13.2 Å². The maximum absolute atomic E-state index is 12.7. The standard InChI is InChI=1S/C23H20N2O2/c1-15-7-6-8-16(2)22(15)25-23(26)18(14-24)13-17-11-12-21(27-3)20-10-5-4-9-19(17)20/h4-13H,1-3H3,(H,25,26)/b18-13-. The highest BCUT2D eigenvalue weighted by atomic mass is 16.5. The molecule has 0 unspecified atom stereocenters. The van der Waals surface area contributed by atoms with Gasteiger partial charge in [-0.05, 0) is 48.1 Å². The largest absolute Gasteiger partial charge is 0.496 e. The molecular weight excluding hydrogens is 336 g/mol. The van der Waals surface area contributed by atoms with Crippen molar-refractivity contribution >= 4 is 28.4 Å². The van der Waals surface area contributed by atoms with E-state index in [1.807, 2.05) is 74.5 Å². The second-order valence-corrected chi connectivity index (χ2v) is 6.29. The number of aryl methyl sites for hydroxylation is 2. The van der Waals surface area contributed by atoms with Gasteiger partial charge in [0.1, 0.15) is 17.4 Å². The summed E-state index contributed by atoms with van der Waals surface area (Å²) in [6.45, 7) is 3.85. The van der Waals surface area contributed by atoms with Crippen LogP contribution < -0.4 is 10.1 Å². The number of carbonyl (C=O) groups excluding carboxylic acids is 1. The van der Waals surface area contributed by atoms with Crippen molar-refractivity contribution in [1.82, 2.24) is 0 Å². The van der Waals surface area contributed by atoms with Gasteiger partial charge in [0.2, 0.25) is 0 Å². The number of benzene rings is 3. The fourth-order valence-electron chi connectivity index (χ4n) is 3.10. The average molecular weight is 356 g/mol. The number of ether oxygens (including phenoxy) is 1. The molecule has 0 heterocycles. The van der Waals surface area contributed by atoms with Crippen molar-refractivity contribution in [1.29, 1.82) is 5.26 Å². The Kier molecular flexibility index (Phi) is 5.23. The molecule has 134 valence electrons. The Labute approximate surface area is 158 Å². The monoisotopic (exact) mass is 356 g/mol. The lowest BCUT2D eigenvalue weighted by Gasteiger charge is -2.11. The summed E-state index contributed by atoms with van der Waals surface area (Å²) in [7, 11) is 1.62. The molecule has 27 heavy (non-hydrogen) atoms. The molecule has 0 bridgehead atoms. The Balaban J connectivity index is 2.01. The number of carbonyl (C=O) groups is 1. The fourth-order valence-corrected chi connectivity index (χ4v) is 3.10. The van der Waals surface area contributed by atoms with Crippen LogP contribution in [0.1, 0.15) is 16.7 Å². The van der Waals surface area contributed by atoms with Crippen molar-refractivity contribution in [2.75, 3.05) is 12.4 Å². The van der Waals surface area contributed by atoms with E-state index in [0.29, 0.717) is 0 Å². The molecule has 0 spiro atoms. The third-order valence-electron chi connectivity index (χ3n) is 4.52. The summed E-state index contributed by atoms with van der Waals surface area (Å²) < 4.78 is 5.40. The quantitative estimate of drug-likeness (QED) is 0.528. The molecule has 0 saturated heterocycles. The van der Waals surface area contributed by atoms with E-state index in [1.165, 1.54) is 0 Å². The zero-order valence-electron chi connectivity index (χ0n) is 15.5. The van der Waals surface area contributed by atoms with E-state index in [4.69, 9.17) is 4.74 Å². The number of hydrogen-bond donors (Lipinski definition) is 1. The Morgan fingerprint density at radius 1 is 1.00 bits per heavy atom. The number of hydrogen-bond acceptors (Lipinski definition) is 3. The second-order valence-electron chi connectivity index (χ2n) is 6.29. The van der Waals surface area contributed by atoms with E-state index < -0.39 is 5.91 Å². The van der Waals surface area contributed by atoms with Gasteiger partial charge in [-0.15, -0.1) is 0 Å². The third-order valence-corrected chi connectivity index (χ3v) is 4.52. The van der Waals surface area contributed by atoms with Crippen molar-refractivity contribution in [2.45, 2.75) is 13.8 Å². The van der Waals surface area contributed by atoms with Crippen LogP contribution in [0.5, 0.6) is 5.75 Å². The molecule has 4 heteroatoms. The number of para-hydroxylation sites is 1. The van der Waals surface area contributed by atoms with E-state index in [-0.39, 0.29) is 5.57 Å². The Morgan fingerprint density at radius 3 is 2.30 bits per heavy atom. The van der Waals surface area contributed by atoms with E-state index >= 15 is 0 Å². The molecule has 0 aliphatic heterocycles. The molecule has 3 rings (SSSR count). The number of amides is 1. The highest BCUT2D eigenvalue weighted by Gasteiger charge is 2.13. The lowest BCUT2D eigenvalue weighted by atomic mass is 10.0. The van der Waals surface area contributed by atoms with Gasteiger partial charge in [-0.25, -0.2) is 0 Å². The Hall–Kier alpha value is -3.58. The van der Waals surface area contributed by atoms with Crippen LogP contribution in [-0.4, -0.2) is 13.0 Å². The number of methoxy groups -OCH3 is 1. The highest BCUT2D eigenvalue weighted by Crippen LogP contribution is 2.29. The minimum absolute atomic E-state index is 0.0490. The number of nitrogens with one attached hydrogen (secondary N) is 1. The molecule has 0 saturated carbocycles. The molecule has 1 N–H and O–H groups in total. The lowest BCUT2D eigenvalue weighted by Crippen LogP contribution is -2.15. The van der Waals surface area contributed by atoms with Crippen LogP contribution in [0, 0.1) is 25.2 Å². The summed E-state index contributed by atoms with van der Waals surface area (Å²) in [4.78, 5) is 12.7. The summed E-state index contributed by atoms with van der Waals surface area (Å²) in [5.41, 5.74) is 3.49. The Morgan fingerprint density at radius 2 is 1.67 bits per heavy atom. The highest BCUT2D eigenvalue weighted by molar-refractivity contribution is 6.11. The first-order valence-corrected chi connectivity index (χ1v) is 8.60. The minimum atomic E-state index is -0.421. The van der Waals surface area contributed by atoms with Gasteiger partial charge in [-0.1, -0.05) is 48.5 Å². The van der Waals surface area contributed by atoms with Gasteiger partial charge < -0.3 is 10.1 Å². The first kappa shape index (κ1) is 18.2. The van der Waals surface area contributed by atoms with Gasteiger partial charge >= 0.3 is 0 Å². The van der Waals surface area contributed by atoms with Crippen LogP contribution in [0.15, 0.2) is 60.2 Å². The fraction of sp³-hybridized carbons (Fsp3) is 0.130. The smallest absolute Gasteiger partial charge is 0.266 e. The van der Waals surface area contributed by atoms with Crippen LogP contribution in [0.4, 0.5) is 5.69 Å². The van der Waals surface area contributed by atoms with E-state index in [0.717, 1.165) is 38.9 Å². The summed E-state index contributed by atoms with van der Waals surface area (Å²) in [5.74, 6) is 0.330. The molecule has 0 fully saturated rings. The number of nitrogens with zero attached hydrogens (tertiary/aromatic N) is 1. The summed E-state index contributed by atoms with van der Waals surface area (Å²) in [6.07, 6.45) is 1.62. The molecule has 3 aromatic carbocycles. The molecular formula is C23H20N2O2. The molecule has 3 aromatic rings. The van der Waals surface area contributed by atoms with Crippen molar-refractivity contribution in [3.63, 3.8) is 0 Å². The number of fused-ring (bicyclic) bond motifs is 1. The maximum atomic E-state index is 12.7. The first-order valence-electron chi connectivity index (χ1n) is 8.60. The topological polar surface area (TPSA) is 62.1 Å². The predicted molar refractivity (Wildman–Crippen MR) is 109 cm³/mol. The molecule has 0 aliphatic rings. The van der Waals surface area contributed by atoms with Gasteiger partial charge in [0, 0.05) is 11.1 Å². The van der Waals surface area contributed by atoms with Crippen molar-refractivity contribution in [3.8, 4) is 11.8 Å². The van der Waals surface area contributed by atoms with Crippen LogP contribution >= 0.6 is 0 Å². The van der Waals surface area contributed by atoms with Crippen LogP contribution in [0.3, 0.4) is 0 Å². The van der Waals surface area contributed by atoms with Gasteiger partial charge in [0.05, 0.1) is 7.11 Å².